The van der Waals surface area contributed by atoms with Crippen LogP contribution in [0.1, 0.15) is 26.2 Å². The molecular formula is C9H15BrN2O2. The van der Waals surface area contributed by atoms with Crippen molar-refractivity contribution in [2.45, 2.75) is 32.2 Å². The molecule has 0 aromatic heterocycles. The summed E-state index contributed by atoms with van der Waals surface area (Å²) < 4.78 is 0. The molecule has 1 unspecified atom stereocenters. The number of alkyl halides is 1. The topological polar surface area (TPSA) is 49.4 Å². The average Bonchev–Trinajstić information content (AvgIpc) is 2.41. The van der Waals surface area contributed by atoms with E-state index in [-0.39, 0.29) is 18.0 Å². The van der Waals surface area contributed by atoms with Gasteiger partial charge in [-0.2, -0.15) is 0 Å². The van der Waals surface area contributed by atoms with Crippen LogP contribution in [-0.4, -0.2) is 34.8 Å². The fourth-order valence-electron chi connectivity index (χ4n) is 1.49. The molecule has 1 fully saturated rings. The van der Waals surface area contributed by atoms with Crippen LogP contribution in [0.3, 0.4) is 0 Å². The van der Waals surface area contributed by atoms with Gasteiger partial charge < -0.3 is 5.32 Å². The van der Waals surface area contributed by atoms with E-state index < -0.39 is 0 Å². The number of hydrogen-bond donors (Lipinski definition) is 1. The summed E-state index contributed by atoms with van der Waals surface area (Å²) in [5.74, 6) is -0.0715. The van der Waals surface area contributed by atoms with Crippen molar-refractivity contribution in [3.63, 3.8) is 0 Å². The fourth-order valence-corrected chi connectivity index (χ4v) is 1.74. The van der Waals surface area contributed by atoms with Gasteiger partial charge in [0, 0.05) is 11.9 Å². The van der Waals surface area contributed by atoms with E-state index in [1.807, 2.05) is 6.92 Å². The molecule has 1 aliphatic rings. The van der Waals surface area contributed by atoms with E-state index in [1.54, 1.807) is 0 Å². The molecule has 14 heavy (non-hydrogen) atoms. The molecule has 4 nitrogen and oxygen atoms in total. The lowest BCUT2D eigenvalue weighted by atomic mass is 10.2. The second-order valence-corrected chi connectivity index (χ2v) is 4.12. The number of carbonyl (C=O) groups excluding carboxylic acids is 2. The minimum Gasteiger partial charge on any atom is -0.326 e. The van der Waals surface area contributed by atoms with Crippen LogP contribution < -0.4 is 5.32 Å². The maximum absolute atomic E-state index is 11.6. The van der Waals surface area contributed by atoms with E-state index in [0.29, 0.717) is 6.54 Å². The summed E-state index contributed by atoms with van der Waals surface area (Å²) in [6.07, 6.45) is 2.44. The van der Waals surface area contributed by atoms with E-state index in [9.17, 15) is 9.59 Å². The van der Waals surface area contributed by atoms with Gasteiger partial charge in [0.05, 0.1) is 0 Å². The van der Waals surface area contributed by atoms with Crippen LogP contribution in [0, 0.1) is 0 Å². The van der Waals surface area contributed by atoms with Gasteiger partial charge in [-0.1, -0.05) is 29.3 Å². The van der Waals surface area contributed by atoms with Gasteiger partial charge in [-0.25, -0.2) is 4.79 Å². The van der Waals surface area contributed by atoms with Crippen molar-refractivity contribution in [2.24, 2.45) is 0 Å². The van der Waals surface area contributed by atoms with Gasteiger partial charge in [-0.05, 0) is 12.8 Å². The highest BCUT2D eigenvalue weighted by Crippen LogP contribution is 2.11. The van der Waals surface area contributed by atoms with Crippen molar-refractivity contribution >= 4 is 27.9 Å². The second kappa shape index (κ2) is 5.34. The first kappa shape index (κ1) is 11.5. The molecule has 1 N–H and O–H groups in total. The van der Waals surface area contributed by atoms with Crippen LogP contribution >= 0.6 is 15.9 Å². The molecule has 0 radical (unpaired) electrons. The first-order chi connectivity index (χ1) is 6.70. The van der Waals surface area contributed by atoms with Gasteiger partial charge in [0.25, 0.3) is 5.91 Å². The standard InChI is InChI=1S/C9H15BrN2O2/c1-2-4-7-8(13)12(6-3-5-10)9(14)11-7/h7H,2-6H2,1H3,(H,11,14). The number of urea groups is 1. The second-order valence-electron chi connectivity index (χ2n) is 3.32. The average molecular weight is 263 g/mol. The Labute approximate surface area is 92.2 Å². The van der Waals surface area contributed by atoms with Gasteiger partial charge in [-0.3, -0.25) is 9.69 Å². The first-order valence-corrected chi connectivity index (χ1v) is 6.00. The predicted molar refractivity (Wildman–Crippen MR) is 57.4 cm³/mol. The van der Waals surface area contributed by atoms with E-state index in [4.69, 9.17) is 0 Å². The summed E-state index contributed by atoms with van der Waals surface area (Å²) >= 11 is 3.27. The Bertz CT molecular complexity index is 233. The molecule has 0 aliphatic carbocycles. The van der Waals surface area contributed by atoms with E-state index in [1.165, 1.54) is 4.90 Å². The van der Waals surface area contributed by atoms with Crippen molar-refractivity contribution in [1.82, 2.24) is 10.2 Å². The van der Waals surface area contributed by atoms with Crippen molar-refractivity contribution in [1.29, 1.82) is 0 Å². The molecule has 0 aromatic carbocycles. The maximum atomic E-state index is 11.6. The molecule has 1 heterocycles. The molecule has 0 bridgehead atoms. The van der Waals surface area contributed by atoms with Crippen LogP contribution in [0.25, 0.3) is 0 Å². The highest BCUT2D eigenvalue weighted by atomic mass is 79.9. The van der Waals surface area contributed by atoms with Crippen LogP contribution in [0.5, 0.6) is 0 Å². The number of carbonyl (C=O) groups is 2. The van der Waals surface area contributed by atoms with Crippen LogP contribution in [0.4, 0.5) is 4.79 Å². The fraction of sp³-hybridized carbons (Fsp3) is 0.778. The molecule has 0 spiro atoms. The highest BCUT2D eigenvalue weighted by molar-refractivity contribution is 9.09. The number of amides is 3. The third-order valence-electron chi connectivity index (χ3n) is 2.20. The zero-order valence-electron chi connectivity index (χ0n) is 8.25. The molecule has 1 saturated heterocycles. The largest absolute Gasteiger partial charge is 0.326 e. The van der Waals surface area contributed by atoms with E-state index in [0.717, 1.165) is 24.6 Å². The third kappa shape index (κ3) is 2.47. The van der Waals surface area contributed by atoms with Gasteiger partial charge in [-0.15, -0.1) is 0 Å². The van der Waals surface area contributed by atoms with Crippen LogP contribution in [-0.2, 0) is 4.79 Å². The van der Waals surface area contributed by atoms with Gasteiger partial charge in [0.2, 0.25) is 0 Å². The summed E-state index contributed by atoms with van der Waals surface area (Å²) in [7, 11) is 0. The molecule has 5 heteroatoms. The van der Waals surface area contributed by atoms with Crippen molar-refractivity contribution in [3.8, 4) is 0 Å². The van der Waals surface area contributed by atoms with Crippen molar-refractivity contribution in [2.75, 3.05) is 11.9 Å². The van der Waals surface area contributed by atoms with E-state index in [2.05, 4.69) is 21.2 Å². The molecule has 0 saturated carbocycles. The van der Waals surface area contributed by atoms with Crippen LogP contribution in [0.15, 0.2) is 0 Å². The zero-order valence-corrected chi connectivity index (χ0v) is 9.84. The highest BCUT2D eigenvalue weighted by Gasteiger charge is 2.36. The summed E-state index contributed by atoms with van der Waals surface area (Å²) in [5.41, 5.74) is 0. The number of imide groups is 1. The Morgan fingerprint density at radius 2 is 2.21 bits per heavy atom. The summed E-state index contributed by atoms with van der Waals surface area (Å²) in [6.45, 7) is 2.51. The Morgan fingerprint density at radius 3 is 2.79 bits per heavy atom. The van der Waals surface area contributed by atoms with Crippen molar-refractivity contribution < 1.29 is 9.59 Å². The lowest BCUT2D eigenvalue weighted by molar-refractivity contribution is -0.127. The van der Waals surface area contributed by atoms with Gasteiger partial charge in [0.15, 0.2) is 0 Å². The monoisotopic (exact) mass is 262 g/mol. The summed E-state index contributed by atoms with van der Waals surface area (Å²) in [6, 6.07) is -0.530. The summed E-state index contributed by atoms with van der Waals surface area (Å²) in [4.78, 5) is 24.3. The summed E-state index contributed by atoms with van der Waals surface area (Å²) in [5, 5.41) is 3.49. The molecule has 1 aliphatic heterocycles. The number of hydrogen-bond acceptors (Lipinski definition) is 2. The zero-order chi connectivity index (χ0) is 10.6. The Balaban J connectivity index is 2.52. The molecule has 80 valence electrons. The molecule has 1 atom stereocenters. The lowest BCUT2D eigenvalue weighted by Gasteiger charge is -2.11. The lowest BCUT2D eigenvalue weighted by Crippen LogP contribution is -2.32. The molecular weight excluding hydrogens is 248 g/mol. The number of nitrogens with one attached hydrogen (secondary N) is 1. The van der Waals surface area contributed by atoms with Crippen LogP contribution in [0.2, 0.25) is 0 Å². The number of rotatable bonds is 5. The first-order valence-electron chi connectivity index (χ1n) is 4.88. The SMILES string of the molecule is CCCC1NC(=O)N(CCCBr)C1=O. The molecule has 0 aromatic rings. The predicted octanol–water partition coefficient (Wildman–Crippen LogP) is 1.49. The number of nitrogens with zero attached hydrogens (tertiary/aromatic N) is 1. The minimum atomic E-state index is -0.289. The van der Waals surface area contributed by atoms with Gasteiger partial charge >= 0.3 is 6.03 Å². The molecule has 3 amide bonds. The minimum absolute atomic E-state index is 0.0715. The number of halogens is 1. The van der Waals surface area contributed by atoms with E-state index >= 15 is 0 Å². The molecule has 1 rings (SSSR count). The van der Waals surface area contributed by atoms with Crippen molar-refractivity contribution in [3.05, 3.63) is 0 Å². The van der Waals surface area contributed by atoms with Gasteiger partial charge in [0.1, 0.15) is 6.04 Å². The smallest absolute Gasteiger partial charge is 0.324 e. The maximum Gasteiger partial charge on any atom is 0.324 e. The Morgan fingerprint density at radius 1 is 1.50 bits per heavy atom. The Hall–Kier alpha value is -0.580. The third-order valence-corrected chi connectivity index (χ3v) is 2.76. The Kier molecular flexibility index (Phi) is 4.38. The normalized spacial score (nSPS) is 21.6. The quantitative estimate of drug-likeness (QED) is 0.603.